The van der Waals surface area contributed by atoms with E-state index in [0.717, 1.165) is 11.3 Å². The Morgan fingerprint density at radius 3 is 2.85 bits per heavy atom. The smallest absolute Gasteiger partial charge is 0.295 e. The number of benzene rings is 2. The monoisotopic (exact) mass is 270 g/mol. The van der Waals surface area contributed by atoms with Crippen LogP contribution in [0.3, 0.4) is 0 Å². The third-order valence-corrected chi connectivity index (χ3v) is 3.45. The van der Waals surface area contributed by atoms with Crippen LogP contribution in [0.5, 0.6) is 5.75 Å². The lowest BCUT2D eigenvalue weighted by Gasteiger charge is -2.14. The summed E-state index contributed by atoms with van der Waals surface area (Å²) >= 11 is 0. The minimum absolute atomic E-state index is 0.0632. The van der Waals surface area contributed by atoms with Gasteiger partial charge in [0.05, 0.1) is 11.0 Å². The van der Waals surface area contributed by atoms with Crippen LogP contribution in [0.25, 0.3) is 0 Å². The van der Waals surface area contributed by atoms with E-state index in [1.807, 2.05) is 30.3 Å². The molecule has 0 aromatic heterocycles. The molecule has 20 heavy (non-hydrogen) atoms. The second-order valence-corrected chi connectivity index (χ2v) is 4.77. The molecule has 5 nitrogen and oxygen atoms in total. The van der Waals surface area contributed by atoms with E-state index in [4.69, 9.17) is 4.74 Å². The van der Waals surface area contributed by atoms with E-state index in [1.54, 1.807) is 19.1 Å². The van der Waals surface area contributed by atoms with Crippen molar-refractivity contribution in [1.82, 2.24) is 0 Å². The molecule has 3 rings (SSSR count). The summed E-state index contributed by atoms with van der Waals surface area (Å²) < 4.78 is 5.58. The zero-order valence-corrected chi connectivity index (χ0v) is 11.0. The summed E-state index contributed by atoms with van der Waals surface area (Å²) in [4.78, 5) is 10.8. The summed E-state index contributed by atoms with van der Waals surface area (Å²) in [5.74, 6) is 0.834. The molecule has 1 aliphatic heterocycles. The normalized spacial score (nSPS) is 16.4. The van der Waals surface area contributed by atoms with Crippen LogP contribution in [0.2, 0.25) is 0 Å². The van der Waals surface area contributed by atoms with Crippen molar-refractivity contribution in [3.63, 3.8) is 0 Å². The van der Waals surface area contributed by atoms with Gasteiger partial charge in [-0.1, -0.05) is 30.3 Å². The molecule has 0 spiro atoms. The number of aryl methyl sites for hydroxylation is 1. The molecular weight excluding hydrogens is 256 g/mol. The average Bonchev–Trinajstić information content (AvgIpc) is 2.82. The predicted octanol–water partition coefficient (Wildman–Crippen LogP) is 3.45. The third-order valence-electron chi connectivity index (χ3n) is 3.45. The van der Waals surface area contributed by atoms with Crippen LogP contribution in [0.15, 0.2) is 42.5 Å². The Morgan fingerprint density at radius 2 is 2.05 bits per heavy atom. The van der Waals surface area contributed by atoms with Crippen LogP contribution >= 0.6 is 0 Å². The minimum Gasteiger partial charge on any atom is -0.491 e. The Morgan fingerprint density at radius 1 is 1.25 bits per heavy atom. The maximum atomic E-state index is 11.2. The van der Waals surface area contributed by atoms with Gasteiger partial charge in [0.2, 0.25) is 0 Å². The van der Waals surface area contributed by atoms with E-state index in [2.05, 4.69) is 5.32 Å². The van der Waals surface area contributed by atoms with Crippen LogP contribution in [-0.2, 0) is 0 Å². The summed E-state index contributed by atoms with van der Waals surface area (Å²) in [5.41, 5.74) is 2.33. The van der Waals surface area contributed by atoms with Gasteiger partial charge in [0.1, 0.15) is 18.0 Å². The highest BCUT2D eigenvalue weighted by molar-refractivity contribution is 5.66. The van der Waals surface area contributed by atoms with Gasteiger partial charge >= 0.3 is 0 Å². The first kappa shape index (κ1) is 12.5. The number of fused-ring (bicyclic) bond motifs is 1. The Bertz CT molecular complexity index is 670. The first-order valence-electron chi connectivity index (χ1n) is 6.39. The Hall–Kier alpha value is -2.56. The number of para-hydroxylation sites is 2. The molecule has 2 aromatic carbocycles. The molecule has 1 atom stereocenters. The number of anilines is 1. The zero-order chi connectivity index (χ0) is 14.1. The van der Waals surface area contributed by atoms with E-state index in [1.165, 1.54) is 0 Å². The molecule has 1 aliphatic rings. The van der Waals surface area contributed by atoms with Crippen molar-refractivity contribution in [2.45, 2.75) is 13.0 Å². The fraction of sp³-hybridized carbons (Fsp3) is 0.200. The molecule has 1 heterocycles. The quantitative estimate of drug-likeness (QED) is 0.685. The highest BCUT2D eigenvalue weighted by Gasteiger charge is 2.26. The number of hydrogen-bond donors (Lipinski definition) is 1. The highest BCUT2D eigenvalue weighted by atomic mass is 16.6. The fourth-order valence-corrected chi connectivity index (χ4v) is 2.49. The van der Waals surface area contributed by atoms with E-state index in [-0.39, 0.29) is 16.7 Å². The van der Waals surface area contributed by atoms with Gasteiger partial charge in [0.15, 0.2) is 0 Å². The van der Waals surface area contributed by atoms with E-state index >= 15 is 0 Å². The molecule has 1 N–H and O–H groups in total. The van der Waals surface area contributed by atoms with Crippen LogP contribution in [-0.4, -0.2) is 11.5 Å². The number of nitrogens with zero attached hydrogens (tertiary/aromatic N) is 1. The van der Waals surface area contributed by atoms with Gasteiger partial charge in [-0.05, 0) is 19.1 Å². The van der Waals surface area contributed by atoms with Gasteiger partial charge in [-0.15, -0.1) is 0 Å². The molecule has 102 valence electrons. The minimum atomic E-state index is -0.348. The lowest BCUT2D eigenvalue weighted by atomic mass is 10.1. The Balaban J connectivity index is 1.94. The standard InChI is InChI=1S/C15H14N2O3/c1-10-5-4-7-12(15(10)17(18)19)16-13-9-20-14-8-3-2-6-11(13)14/h2-8,13,16H,9H2,1H3. The highest BCUT2D eigenvalue weighted by Crippen LogP contribution is 2.37. The lowest BCUT2D eigenvalue weighted by Crippen LogP contribution is -2.13. The SMILES string of the molecule is Cc1cccc(NC2COc3ccccc32)c1[N+](=O)[O-]. The number of ether oxygens (including phenoxy) is 1. The average molecular weight is 270 g/mol. The number of hydrogen-bond acceptors (Lipinski definition) is 4. The number of nitrogens with one attached hydrogen (secondary N) is 1. The number of nitro benzene ring substituents is 1. The molecule has 0 saturated heterocycles. The first-order valence-corrected chi connectivity index (χ1v) is 6.39. The summed E-state index contributed by atoms with van der Waals surface area (Å²) in [6, 6.07) is 12.9. The predicted molar refractivity (Wildman–Crippen MR) is 76.1 cm³/mol. The maximum Gasteiger partial charge on any atom is 0.295 e. The molecule has 1 unspecified atom stereocenters. The lowest BCUT2D eigenvalue weighted by molar-refractivity contribution is -0.384. The summed E-state index contributed by atoms with van der Waals surface area (Å²) in [6.07, 6.45) is 0. The molecule has 0 aliphatic carbocycles. The van der Waals surface area contributed by atoms with Crippen LogP contribution in [0.4, 0.5) is 11.4 Å². The molecule has 0 saturated carbocycles. The first-order chi connectivity index (χ1) is 9.66. The van der Waals surface area contributed by atoms with Crippen molar-refractivity contribution >= 4 is 11.4 Å². The van der Waals surface area contributed by atoms with Crippen molar-refractivity contribution in [2.24, 2.45) is 0 Å². The van der Waals surface area contributed by atoms with Crippen molar-refractivity contribution in [3.8, 4) is 5.75 Å². The van der Waals surface area contributed by atoms with Gasteiger partial charge in [0.25, 0.3) is 5.69 Å². The Labute approximate surface area is 116 Å². The summed E-state index contributed by atoms with van der Waals surface area (Å²) in [6.45, 7) is 2.22. The van der Waals surface area contributed by atoms with Crippen LogP contribution in [0.1, 0.15) is 17.2 Å². The van der Waals surface area contributed by atoms with Crippen LogP contribution in [0, 0.1) is 17.0 Å². The van der Waals surface area contributed by atoms with Gasteiger partial charge in [-0.2, -0.15) is 0 Å². The van der Waals surface area contributed by atoms with Gasteiger partial charge < -0.3 is 10.1 Å². The van der Waals surface area contributed by atoms with E-state index in [9.17, 15) is 10.1 Å². The van der Waals surface area contributed by atoms with Crippen molar-refractivity contribution in [2.75, 3.05) is 11.9 Å². The Kier molecular flexibility index (Phi) is 3.02. The summed E-state index contributed by atoms with van der Waals surface area (Å²) in [5, 5.41) is 14.4. The van der Waals surface area contributed by atoms with Crippen LogP contribution < -0.4 is 10.1 Å². The largest absolute Gasteiger partial charge is 0.491 e. The van der Waals surface area contributed by atoms with Gasteiger partial charge in [-0.3, -0.25) is 10.1 Å². The van der Waals surface area contributed by atoms with E-state index < -0.39 is 0 Å². The second-order valence-electron chi connectivity index (χ2n) is 4.77. The van der Waals surface area contributed by atoms with Crippen molar-refractivity contribution in [1.29, 1.82) is 0 Å². The topological polar surface area (TPSA) is 64.4 Å². The van der Waals surface area contributed by atoms with Gasteiger partial charge in [0, 0.05) is 11.1 Å². The number of nitro groups is 1. The summed E-state index contributed by atoms with van der Waals surface area (Å²) in [7, 11) is 0. The molecule has 0 fully saturated rings. The van der Waals surface area contributed by atoms with Crippen molar-refractivity contribution in [3.05, 3.63) is 63.7 Å². The molecule has 0 bridgehead atoms. The molecular formula is C15H14N2O3. The third kappa shape index (κ3) is 2.07. The fourth-order valence-electron chi connectivity index (χ4n) is 2.49. The van der Waals surface area contributed by atoms with Gasteiger partial charge in [-0.25, -0.2) is 0 Å². The zero-order valence-electron chi connectivity index (χ0n) is 11.0. The maximum absolute atomic E-state index is 11.2. The van der Waals surface area contributed by atoms with E-state index in [0.29, 0.717) is 17.9 Å². The number of rotatable bonds is 3. The second kappa shape index (κ2) is 4.85. The van der Waals surface area contributed by atoms with Crippen molar-refractivity contribution < 1.29 is 9.66 Å². The molecule has 0 radical (unpaired) electrons. The molecule has 5 heteroatoms. The molecule has 2 aromatic rings. The molecule has 0 amide bonds.